The van der Waals surface area contributed by atoms with Crippen LogP contribution in [0.3, 0.4) is 0 Å². The van der Waals surface area contributed by atoms with Crippen molar-refractivity contribution < 1.29 is 33.4 Å². The molecule has 10 nitrogen and oxygen atoms in total. The monoisotopic (exact) mass is 527 g/mol. The van der Waals surface area contributed by atoms with E-state index in [-0.39, 0.29) is 26.1 Å². The molecule has 0 saturated carbocycles. The minimum Gasteiger partial charge on any atom is -0.461 e. The number of esters is 1. The van der Waals surface area contributed by atoms with Crippen LogP contribution < -0.4 is 11.5 Å². The van der Waals surface area contributed by atoms with E-state index in [2.05, 4.69) is 0 Å². The molecule has 3 amide bonds. The molecule has 0 aliphatic heterocycles. The fourth-order valence-electron chi connectivity index (χ4n) is 3.41. The summed E-state index contributed by atoms with van der Waals surface area (Å²) in [5, 5.41) is 0. The standard InChI is InChI=1S/C28H37N3O7/c1-19(36-17-20-11-7-5-8-12-20)24(29)26(34)31(27(35)38-28(2,3)4)22(25(30)33)15-16-23(32)37-18-21-13-9-6-10-14-21/h5-14,19,22,24H,15-18,29H2,1-4H3,(H2,30,33)/t19-,22-,24+/m1/s1. The molecule has 0 aliphatic carbocycles. The SMILES string of the molecule is C[C@@H](OCc1ccccc1)[C@H](N)C(=O)N(C(=O)OC(C)(C)C)[C@H](CCC(=O)OCc1ccccc1)C(N)=O. The van der Waals surface area contributed by atoms with Gasteiger partial charge in [-0.2, -0.15) is 0 Å². The number of imide groups is 1. The van der Waals surface area contributed by atoms with Crippen molar-refractivity contribution in [1.82, 2.24) is 4.90 Å². The minimum absolute atomic E-state index is 0.0385. The van der Waals surface area contributed by atoms with Crippen LogP contribution in [0.25, 0.3) is 0 Å². The third-order valence-corrected chi connectivity index (χ3v) is 5.48. The van der Waals surface area contributed by atoms with Crippen molar-refractivity contribution in [2.75, 3.05) is 0 Å². The van der Waals surface area contributed by atoms with Gasteiger partial charge in [0.1, 0.15) is 24.3 Å². The number of ether oxygens (including phenoxy) is 3. The van der Waals surface area contributed by atoms with Crippen LogP contribution in [-0.2, 0) is 41.8 Å². The number of nitrogens with zero attached hydrogens (tertiary/aromatic N) is 1. The van der Waals surface area contributed by atoms with Crippen molar-refractivity contribution >= 4 is 23.9 Å². The van der Waals surface area contributed by atoms with E-state index >= 15 is 0 Å². The summed E-state index contributed by atoms with van der Waals surface area (Å²) in [5.41, 5.74) is 12.4. The predicted octanol–water partition coefficient (Wildman–Crippen LogP) is 3.06. The number of hydrogen-bond donors (Lipinski definition) is 2. The molecule has 10 heteroatoms. The van der Waals surface area contributed by atoms with Gasteiger partial charge in [0.15, 0.2) is 0 Å². The number of carbonyl (C=O) groups is 4. The Kier molecular flexibility index (Phi) is 11.4. The molecule has 0 bridgehead atoms. The van der Waals surface area contributed by atoms with Gasteiger partial charge in [0, 0.05) is 6.42 Å². The summed E-state index contributed by atoms with van der Waals surface area (Å²) in [7, 11) is 0. The van der Waals surface area contributed by atoms with Gasteiger partial charge in [0.2, 0.25) is 5.91 Å². The summed E-state index contributed by atoms with van der Waals surface area (Å²) in [6.07, 6.45) is -2.46. The van der Waals surface area contributed by atoms with E-state index < -0.39 is 47.7 Å². The first kappa shape index (κ1) is 30.5. The molecule has 2 rings (SSSR count). The van der Waals surface area contributed by atoms with E-state index in [1.54, 1.807) is 39.8 Å². The molecule has 0 spiro atoms. The second-order valence-electron chi connectivity index (χ2n) is 9.82. The second-order valence-corrected chi connectivity index (χ2v) is 9.82. The lowest BCUT2D eigenvalue weighted by Gasteiger charge is -2.33. The normalized spacial score (nSPS) is 13.6. The maximum absolute atomic E-state index is 13.4. The first-order valence-corrected chi connectivity index (χ1v) is 12.3. The molecule has 38 heavy (non-hydrogen) atoms. The molecule has 2 aromatic rings. The molecule has 206 valence electrons. The van der Waals surface area contributed by atoms with Gasteiger partial charge in [-0.15, -0.1) is 0 Å². The van der Waals surface area contributed by atoms with Crippen LogP contribution in [0.5, 0.6) is 0 Å². The summed E-state index contributed by atoms with van der Waals surface area (Å²) in [4.78, 5) is 51.8. The Hall–Kier alpha value is -3.76. The zero-order valence-electron chi connectivity index (χ0n) is 22.3. The average Bonchev–Trinajstić information content (AvgIpc) is 2.87. The van der Waals surface area contributed by atoms with Gasteiger partial charge >= 0.3 is 12.1 Å². The number of rotatable bonds is 12. The molecule has 0 saturated heterocycles. The average molecular weight is 528 g/mol. The van der Waals surface area contributed by atoms with Crippen molar-refractivity contribution in [2.45, 2.75) is 77.5 Å². The van der Waals surface area contributed by atoms with Gasteiger partial charge in [0.05, 0.1) is 12.7 Å². The van der Waals surface area contributed by atoms with E-state index in [4.69, 9.17) is 25.7 Å². The topological polar surface area (TPSA) is 151 Å². The first-order valence-electron chi connectivity index (χ1n) is 12.3. The van der Waals surface area contributed by atoms with Crippen molar-refractivity contribution in [3.63, 3.8) is 0 Å². The van der Waals surface area contributed by atoms with Gasteiger partial charge in [-0.3, -0.25) is 14.4 Å². The number of amides is 3. The highest BCUT2D eigenvalue weighted by molar-refractivity contribution is 6.00. The lowest BCUT2D eigenvalue weighted by molar-refractivity contribution is -0.147. The number of nitrogens with two attached hydrogens (primary N) is 2. The minimum atomic E-state index is -1.49. The molecule has 0 radical (unpaired) electrons. The van der Waals surface area contributed by atoms with Crippen molar-refractivity contribution in [1.29, 1.82) is 0 Å². The Morgan fingerprint density at radius 1 is 0.895 bits per heavy atom. The lowest BCUT2D eigenvalue weighted by atomic mass is 10.1. The van der Waals surface area contributed by atoms with Gasteiger partial charge < -0.3 is 25.7 Å². The van der Waals surface area contributed by atoms with Crippen molar-refractivity contribution in [3.05, 3.63) is 71.8 Å². The Bertz CT molecular complexity index is 1070. The molecule has 2 aromatic carbocycles. The lowest BCUT2D eigenvalue weighted by Crippen LogP contribution is -2.59. The second kappa shape index (κ2) is 14.3. The van der Waals surface area contributed by atoms with Crippen LogP contribution in [0.4, 0.5) is 4.79 Å². The number of benzene rings is 2. The van der Waals surface area contributed by atoms with Gasteiger partial charge in [0.25, 0.3) is 5.91 Å². The molecule has 4 N–H and O–H groups in total. The number of carbonyl (C=O) groups excluding carboxylic acids is 4. The van der Waals surface area contributed by atoms with Crippen molar-refractivity contribution in [3.8, 4) is 0 Å². The summed E-state index contributed by atoms with van der Waals surface area (Å²) in [5.74, 6) is -2.54. The first-order chi connectivity index (χ1) is 17.9. The molecule has 0 fully saturated rings. The summed E-state index contributed by atoms with van der Waals surface area (Å²) < 4.78 is 16.4. The van der Waals surface area contributed by atoms with Crippen LogP contribution >= 0.6 is 0 Å². The molecule has 3 atom stereocenters. The van der Waals surface area contributed by atoms with Crippen LogP contribution in [0, 0.1) is 0 Å². The third-order valence-electron chi connectivity index (χ3n) is 5.48. The zero-order chi connectivity index (χ0) is 28.3. The van der Waals surface area contributed by atoms with Crippen LogP contribution in [0.2, 0.25) is 0 Å². The fourth-order valence-corrected chi connectivity index (χ4v) is 3.41. The van der Waals surface area contributed by atoms with E-state index in [1.807, 2.05) is 48.5 Å². The smallest absolute Gasteiger partial charge is 0.417 e. The van der Waals surface area contributed by atoms with E-state index in [1.165, 1.54) is 0 Å². The Morgan fingerprint density at radius 2 is 1.42 bits per heavy atom. The van der Waals surface area contributed by atoms with Crippen molar-refractivity contribution in [2.24, 2.45) is 11.5 Å². The quantitative estimate of drug-likeness (QED) is 0.400. The maximum Gasteiger partial charge on any atom is 0.417 e. The maximum atomic E-state index is 13.4. The van der Waals surface area contributed by atoms with Crippen LogP contribution in [-0.4, -0.2) is 52.6 Å². The molecule has 0 unspecified atom stereocenters. The van der Waals surface area contributed by atoms with E-state index in [0.29, 0.717) is 4.90 Å². The number of hydrogen-bond acceptors (Lipinski definition) is 8. The Balaban J connectivity index is 2.14. The predicted molar refractivity (Wildman–Crippen MR) is 140 cm³/mol. The number of primary amides is 1. The van der Waals surface area contributed by atoms with Gasteiger partial charge in [-0.1, -0.05) is 60.7 Å². The summed E-state index contributed by atoms with van der Waals surface area (Å²) in [6.45, 7) is 6.63. The molecule has 0 aromatic heterocycles. The highest BCUT2D eigenvalue weighted by Crippen LogP contribution is 2.18. The fraction of sp³-hybridized carbons (Fsp3) is 0.429. The molecule has 0 aliphatic rings. The summed E-state index contributed by atoms with van der Waals surface area (Å²) in [6, 6.07) is 15.5. The summed E-state index contributed by atoms with van der Waals surface area (Å²) >= 11 is 0. The molecular formula is C28H37N3O7. The molecule has 0 heterocycles. The molecular weight excluding hydrogens is 490 g/mol. The van der Waals surface area contributed by atoms with Crippen LogP contribution in [0.1, 0.15) is 51.7 Å². The third kappa shape index (κ3) is 9.95. The van der Waals surface area contributed by atoms with E-state index in [9.17, 15) is 19.2 Å². The van der Waals surface area contributed by atoms with Gasteiger partial charge in [-0.05, 0) is 45.2 Å². The Labute approximate surface area is 223 Å². The highest BCUT2D eigenvalue weighted by atomic mass is 16.6. The van der Waals surface area contributed by atoms with Gasteiger partial charge in [-0.25, -0.2) is 9.69 Å². The largest absolute Gasteiger partial charge is 0.461 e. The zero-order valence-corrected chi connectivity index (χ0v) is 22.3. The van der Waals surface area contributed by atoms with Crippen LogP contribution in [0.15, 0.2) is 60.7 Å². The highest BCUT2D eigenvalue weighted by Gasteiger charge is 2.40. The Morgan fingerprint density at radius 3 is 1.92 bits per heavy atom. The van der Waals surface area contributed by atoms with E-state index in [0.717, 1.165) is 11.1 Å².